The van der Waals surface area contributed by atoms with Crippen LogP contribution in [0.5, 0.6) is 17.2 Å². The maximum atomic E-state index is 12.0. The molecule has 116 valence electrons. The maximum Gasteiger partial charge on any atom is 0.383 e. The zero-order chi connectivity index (χ0) is 16.4. The van der Waals surface area contributed by atoms with E-state index in [1.54, 1.807) is 30.3 Å². The molecule has 0 aliphatic heterocycles. The van der Waals surface area contributed by atoms with Crippen LogP contribution in [0.1, 0.15) is 10.4 Å². The molecule has 0 atom stereocenters. The smallest absolute Gasteiger partial charge is 0.383 e. The fraction of sp³-hybridized carbons (Fsp3) is 0.0588. The molecular formula is C17H12O6. The lowest BCUT2D eigenvalue weighted by molar-refractivity contribution is 0.0723. The Morgan fingerprint density at radius 3 is 2.52 bits per heavy atom. The minimum Gasteiger partial charge on any atom is -0.504 e. The van der Waals surface area contributed by atoms with Crippen molar-refractivity contribution in [1.82, 2.24) is 0 Å². The molecular weight excluding hydrogens is 300 g/mol. The lowest BCUT2D eigenvalue weighted by Crippen LogP contribution is -2.14. The molecule has 23 heavy (non-hydrogen) atoms. The molecule has 3 rings (SSSR count). The SMILES string of the molecule is COc1cccc2c(O)c(OC(=O)c3ccccc3)c(=O)oc12. The molecule has 0 radical (unpaired) electrons. The van der Waals surface area contributed by atoms with Gasteiger partial charge in [0.1, 0.15) is 0 Å². The number of ether oxygens (including phenoxy) is 2. The summed E-state index contributed by atoms with van der Waals surface area (Å²) in [7, 11) is 1.41. The second-order valence-electron chi connectivity index (χ2n) is 4.66. The van der Waals surface area contributed by atoms with Crippen molar-refractivity contribution in [2.75, 3.05) is 7.11 Å². The monoisotopic (exact) mass is 312 g/mol. The molecule has 0 bridgehead atoms. The maximum absolute atomic E-state index is 12.0. The fourth-order valence-electron chi connectivity index (χ4n) is 2.14. The molecule has 6 nitrogen and oxygen atoms in total. The van der Waals surface area contributed by atoms with Crippen molar-refractivity contribution < 1.29 is 23.8 Å². The van der Waals surface area contributed by atoms with E-state index in [4.69, 9.17) is 13.9 Å². The van der Waals surface area contributed by atoms with Gasteiger partial charge < -0.3 is 19.0 Å². The first-order valence-corrected chi connectivity index (χ1v) is 6.72. The third-order valence-electron chi connectivity index (χ3n) is 3.25. The molecule has 2 aromatic carbocycles. The number of methoxy groups -OCH3 is 1. The Kier molecular flexibility index (Phi) is 3.72. The molecule has 0 aliphatic rings. The van der Waals surface area contributed by atoms with Crippen LogP contribution in [0.15, 0.2) is 57.7 Å². The van der Waals surface area contributed by atoms with Crippen molar-refractivity contribution in [2.24, 2.45) is 0 Å². The summed E-state index contributed by atoms with van der Waals surface area (Å²) in [5.41, 5.74) is -0.641. The molecule has 1 aromatic heterocycles. The first-order valence-electron chi connectivity index (χ1n) is 6.72. The van der Waals surface area contributed by atoms with Crippen LogP contribution in [-0.2, 0) is 0 Å². The highest BCUT2D eigenvalue weighted by molar-refractivity contribution is 5.94. The lowest BCUT2D eigenvalue weighted by atomic mass is 10.2. The van der Waals surface area contributed by atoms with Crippen molar-refractivity contribution >= 4 is 16.9 Å². The van der Waals surface area contributed by atoms with Crippen LogP contribution in [0, 0.1) is 0 Å². The second-order valence-corrected chi connectivity index (χ2v) is 4.66. The standard InChI is InChI=1S/C17H12O6/c1-21-12-9-5-8-11-13(18)15(17(20)22-14(11)12)23-16(19)10-6-3-2-4-7-10/h2-9,18H,1H3. The van der Waals surface area contributed by atoms with Crippen LogP contribution >= 0.6 is 0 Å². The van der Waals surface area contributed by atoms with Crippen LogP contribution in [0.3, 0.4) is 0 Å². The quantitative estimate of drug-likeness (QED) is 0.591. The van der Waals surface area contributed by atoms with E-state index in [1.807, 2.05) is 0 Å². The summed E-state index contributed by atoms with van der Waals surface area (Å²) >= 11 is 0. The average Bonchev–Trinajstić information content (AvgIpc) is 2.58. The van der Waals surface area contributed by atoms with Gasteiger partial charge in [-0.25, -0.2) is 9.59 Å². The number of para-hydroxylation sites is 1. The van der Waals surface area contributed by atoms with Gasteiger partial charge in [0.05, 0.1) is 18.1 Å². The molecule has 0 saturated heterocycles. The zero-order valence-corrected chi connectivity index (χ0v) is 12.1. The Balaban J connectivity index is 2.09. The largest absolute Gasteiger partial charge is 0.504 e. The first kappa shape index (κ1) is 14.6. The highest BCUT2D eigenvalue weighted by Crippen LogP contribution is 2.35. The third-order valence-corrected chi connectivity index (χ3v) is 3.25. The number of hydrogen-bond acceptors (Lipinski definition) is 6. The van der Waals surface area contributed by atoms with E-state index in [0.29, 0.717) is 0 Å². The number of hydrogen-bond donors (Lipinski definition) is 1. The van der Waals surface area contributed by atoms with E-state index < -0.39 is 23.1 Å². The van der Waals surface area contributed by atoms with Crippen molar-refractivity contribution in [3.05, 3.63) is 64.5 Å². The van der Waals surface area contributed by atoms with Crippen molar-refractivity contribution in [3.8, 4) is 17.2 Å². The van der Waals surface area contributed by atoms with Crippen LogP contribution < -0.4 is 15.1 Å². The average molecular weight is 312 g/mol. The summed E-state index contributed by atoms with van der Waals surface area (Å²) in [4.78, 5) is 24.1. The van der Waals surface area contributed by atoms with Gasteiger partial charge in [0.15, 0.2) is 17.1 Å². The van der Waals surface area contributed by atoms with Crippen LogP contribution in [0.4, 0.5) is 0 Å². The Morgan fingerprint density at radius 2 is 1.83 bits per heavy atom. The summed E-state index contributed by atoms with van der Waals surface area (Å²) < 4.78 is 15.2. The van der Waals surface area contributed by atoms with Gasteiger partial charge in [0, 0.05) is 0 Å². The zero-order valence-electron chi connectivity index (χ0n) is 12.1. The summed E-state index contributed by atoms with van der Waals surface area (Å²) in [5.74, 6) is -1.51. The molecule has 0 fully saturated rings. The molecule has 3 aromatic rings. The Morgan fingerprint density at radius 1 is 1.09 bits per heavy atom. The van der Waals surface area contributed by atoms with Gasteiger partial charge in [0.2, 0.25) is 0 Å². The number of carbonyl (C=O) groups is 1. The van der Waals surface area contributed by atoms with Crippen LogP contribution in [-0.4, -0.2) is 18.2 Å². The minimum atomic E-state index is -0.969. The summed E-state index contributed by atoms with van der Waals surface area (Å²) in [6.07, 6.45) is 0. The number of carbonyl (C=O) groups excluding carboxylic acids is 1. The highest BCUT2D eigenvalue weighted by Gasteiger charge is 2.21. The van der Waals surface area contributed by atoms with Gasteiger partial charge in [-0.15, -0.1) is 0 Å². The summed E-state index contributed by atoms with van der Waals surface area (Å²) in [5, 5.41) is 10.5. The topological polar surface area (TPSA) is 86.0 Å². The van der Waals surface area contributed by atoms with Crippen LogP contribution in [0.25, 0.3) is 11.0 Å². The van der Waals surface area contributed by atoms with E-state index in [-0.39, 0.29) is 22.3 Å². The molecule has 0 unspecified atom stereocenters. The highest BCUT2D eigenvalue weighted by atomic mass is 16.6. The van der Waals surface area contributed by atoms with E-state index in [9.17, 15) is 14.7 Å². The number of fused-ring (bicyclic) bond motifs is 1. The Bertz CT molecular complexity index is 927. The number of esters is 1. The van der Waals surface area contributed by atoms with Crippen LogP contribution in [0.2, 0.25) is 0 Å². The predicted octanol–water partition coefficient (Wildman–Crippen LogP) is 2.73. The molecule has 1 heterocycles. The van der Waals surface area contributed by atoms with Gasteiger partial charge in [-0.2, -0.15) is 0 Å². The number of aromatic hydroxyl groups is 1. The van der Waals surface area contributed by atoms with Crippen molar-refractivity contribution in [1.29, 1.82) is 0 Å². The van der Waals surface area contributed by atoms with E-state index in [0.717, 1.165) is 0 Å². The van der Waals surface area contributed by atoms with Gasteiger partial charge in [-0.3, -0.25) is 0 Å². The molecule has 1 N–H and O–H groups in total. The Hall–Kier alpha value is -3.28. The first-order chi connectivity index (χ1) is 11.1. The molecule has 0 aliphatic carbocycles. The van der Waals surface area contributed by atoms with E-state index >= 15 is 0 Å². The second kappa shape index (κ2) is 5.84. The number of rotatable bonds is 3. The summed E-state index contributed by atoms with van der Waals surface area (Å²) in [6.45, 7) is 0. The van der Waals surface area contributed by atoms with Crippen molar-refractivity contribution in [2.45, 2.75) is 0 Å². The molecule has 0 saturated carbocycles. The van der Waals surface area contributed by atoms with Gasteiger partial charge in [-0.1, -0.05) is 24.3 Å². The molecule has 0 amide bonds. The van der Waals surface area contributed by atoms with Gasteiger partial charge in [0.25, 0.3) is 5.75 Å². The van der Waals surface area contributed by atoms with E-state index in [2.05, 4.69) is 0 Å². The molecule has 0 spiro atoms. The Labute approximate surface area is 130 Å². The van der Waals surface area contributed by atoms with Gasteiger partial charge >= 0.3 is 11.6 Å². The lowest BCUT2D eigenvalue weighted by Gasteiger charge is -2.09. The third kappa shape index (κ3) is 2.62. The van der Waals surface area contributed by atoms with E-state index in [1.165, 1.54) is 25.3 Å². The normalized spacial score (nSPS) is 10.5. The fourth-order valence-corrected chi connectivity index (χ4v) is 2.14. The van der Waals surface area contributed by atoms with Gasteiger partial charge in [-0.05, 0) is 24.3 Å². The number of benzene rings is 2. The minimum absolute atomic E-state index is 0.0806. The summed E-state index contributed by atoms with van der Waals surface area (Å²) in [6, 6.07) is 12.8. The predicted molar refractivity (Wildman–Crippen MR) is 82.1 cm³/mol. The molecule has 6 heteroatoms. The van der Waals surface area contributed by atoms with Crippen molar-refractivity contribution in [3.63, 3.8) is 0 Å².